The Kier molecular flexibility index (Phi) is 4.84. The zero-order chi connectivity index (χ0) is 14.6. The molecule has 1 aromatic carbocycles. The molecule has 0 aromatic heterocycles. The lowest BCUT2D eigenvalue weighted by Crippen LogP contribution is -2.42. The maximum Gasteiger partial charge on any atom is 0.243 e. The SMILES string of the molecule is CC(C)N(CC(N)=NO)S(=O)(=O)c1ccc(F)cc1. The second kappa shape index (κ2) is 5.98. The van der Waals surface area contributed by atoms with Crippen molar-refractivity contribution in [2.75, 3.05) is 6.54 Å². The van der Waals surface area contributed by atoms with Gasteiger partial charge >= 0.3 is 0 Å². The van der Waals surface area contributed by atoms with Gasteiger partial charge in [0.2, 0.25) is 10.0 Å². The molecule has 8 heteroatoms. The van der Waals surface area contributed by atoms with Crippen molar-refractivity contribution in [1.29, 1.82) is 0 Å². The Balaban J connectivity index is 3.17. The Hall–Kier alpha value is -1.67. The summed E-state index contributed by atoms with van der Waals surface area (Å²) < 4.78 is 38.6. The Morgan fingerprint density at radius 1 is 1.42 bits per heavy atom. The van der Waals surface area contributed by atoms with Crippen LogP contribution in [0.25, 0.3) is 0 Å². The molecule has 0 heterocycles. The maximum absolute atomic E-state index is 12.8. The van der Waals surface area contributed by atoms with E-state index < -0.39 is 21.9 Å². The number of rotatable bonds is 5. The van der Waals surface area contributed by atoms with Crippen LogP contribution in [0.4, 0.5) is 4.39 Å². The topological polar surface area (TPSA) is 96.0 Å². The number of hydrogen-bond donors (Lipinski definition) is 2. The van der Waals surface area contributed by atoms with E-state index in [0.717, 1.165) is 16.4 Å². The first kappa shape index (κ1) is 15.4. The first-order chi connectivity index (χ1) is 8.78. The Labute approximate surface area is 111 Å². The average Bonchev–Trinajstić information content (AvgIpc) is 2.35. The number of sulfonamides is 1. The minimum absolute atomic E-state index is 0.0478. The quantitative estimate of drug-likeness (QED) is 0.365. The van der Waals surface area contributed by atoms with Crippen molar-refractivity contribution >= 4 is 15.9 Å². The fourth-order valence-corrected chi connectivity index (χ4v) is 3.09. The molecule has 1 rings (SSSR count). The molecule has 0 saturated heterocycles. The van der Waals surface area contributed by atoms with Crippen LogP contribution in [-0.2, 0) is 10.0 Å². The van der Waals surface area contributed by atoms with Gasteiger partial charge in [-0.2, -0.15) is 4.31 Å². The van der Waals surface area contributed by atoms with Crippen LogP contribution in [0.1, 0.15) is 13.8 Å². The van der Waals surface area contributed by atoms with E-state index in [1.807, 2.05) is 0 Å². The van der Waals surface area contributed by atoms with E-state index in [-0.39, 0.29) is 17.3 Å². The highest BCUT2D eigenvalue weighted by molar-refractivity contribution is 7.89. The minimum atomic E-state index is -3.83. The summed E-state index contributed by atoms with van der Waals surface area (Å²) >= 11 is 0. The summed E-state index contributed by atoms with van der Waals surface area (Å²) in [4.78, 5) is -0.0478. The van der Waals surface area contributed by atoms with Gasteiger partial charge in [0.25, 0.3) is 0 Å². The van der Waals surface area contributed by atoms with Crippen molar-refractivity contribution in [2.45, 2.75) is 24.8 Å². The first-order valence-electron chi connectivity index (χ1n) is 5.53. The number of oxime groups is 1. The molecule has 3 N–H and O–H groups in total. The molecule has 0 unspecified atom stereocenters. The molecule has 0 aliphatic rings. The number of nitrogens with two attached hydrogens (primary N) is 1. The molecule has 0 spiro atoms. The first-order valence-corrected chi connectivity index (χ1v) is 6.97. The van der Waals surface area contributed by atoms with Gasteiger partial charge in [0.1, 0.15) is 5.82 Å². The number of hydrogen-bond acceptors (Lipinski definition) is 4. The van der Waals surface area contributed by atoms with Crippen molar-refractivity contribution in [1.82, 2.24) is 4.31 Å². The van der Waals surface area contributed by atoms with Crippen molar-refractivity contribution in [3.05, 3.63) is 30.1 Å². The number of benzene rings is 1. The van der Waals surface area contributed by atoms with E-state index >= 15 is 0 Å². The van der Waals surface area contributed by atoms with Gasteiger partial charge in [-0.3, -0.25) is 0 Å². The molecule has 106 valence electrons. The summed E-state index contributed by atoms with van der Waals surface area (Å²) in [5.41, 5.74) is 5.34. The molecule has 0 radical (unpaired) electrons. The summed E-state index contributed by atoms with van der Waals surface area (Å²) in [7, 11) is -3.83. The number of amidine groups is 1. The molecule has 0 saturated carbocycles. The normalized spacial score (nSPS) is 13.2. The van der Waals surface area contributed by atoms with E-state index in [9.17, 15) is 12.8 Å². The second-order valence-electron chi connectivity index (χ2n) is 4.19. The summed E-state index contributed by atoms with van der Waals surface area (Å²) in [5, 5.41) is 11.3. The minimum Gasteiger partial charge on any atom is -0.409 e. The zero-order valence-corrected chi connectivity index (χ0v) is 11.4. The molecule has 1 aromatic rings. The van der Waals surface area contributed by atoms with E-state index in [4.69, 9.17) is 10.9 Å². The van der Waals surface area contributed by atoms with Crippen LogP contribution in [0, 0.1) is 5.82 Å². The summed E-state index contributed by atoms with van der Waals surface area (Å²) in [5.74, 6) is -0.745. The third kappa shape index (κ3) is 3.65. The van der Waals surface area contributed by atoms with Gasteiger partial charge < -0.3 is 10.9 Å². The van der Waals surface area contributed by atoms with Crippen LogP contribution < -0.4 is 5.73 Å². The van der Waals surface area contributed by atoms with Gasteiger partial charge in [-0.1, -0.05) is 5.16 Å². The van der Waals surface area contributed by atoms with Gasteiger partial charge in [0.15, 0.2) is 5.84 Å². The number of nitrogens with zero attached hydrogens (tertiary/aromatic N) is 2. The predicted molar refractivity (Wildman–Crippen MR) is 68.8 cm³/mol. The molecular formula is C11H16FN3O3S. The highest BCUT2D eigenvalue weighted by Crippen LogP contribution is 2.18. The molecule has 0 amide bonds. The van der Waals surface area contributed by atoms with E-state index in [0.29, 0.717) is 0 Å². The zero-order valence-electron chi connectivity index (χ0n) is 10.6. The standard InChI is InChI=1S/C11H16FN3O3S/c1-8(2)15(7-11(13)14-16)19(17,18)10-5-3-9(12)4-6-10/h3-6,8,16H,7H2,1-2H3,(H2,13,14). The molecule has 0 bridgehead atoms. The highest BCUT2D eigenvalue weighted by Gasteiger charge is 2.27. The molecule has 0 atom stereocenters. The van der Waals surface area contributed by atoms with Gasteiger partial charge in [-0.05, 0) is 38.1 Å². The Morgan fingerprint density at radius 3 is 2.37 bits per heavy atom. The van der Waals surface area contributed by atoms with Gasteiger partial charge in [-0.15, -0.1) is 0 Å². The van der Waals surface area contributed by atoms with Crippen LogP contribution >= 0.6 is 0 Å². The molecule has 6 nitrogen and oxygen atoms in total. The lowest BCUT2D eigenvalue weighted by atomic mass is 10.3. The Morgan fingerprint density at radius 2 is 1.95 bits per heavy atom. The number of halogens is 1. The summed E-state index contributed by atoms with van der Waals surface area (Å²) in [6.45, 7) is 3.07. The lowest BCUT2D eigenvalue weighted by molar-refractivity contribution is 0.312. The maximum atomic E-state index is 12.8. The van der Waals surface area contributed by atoms with E-state index in [1.54, 1.807) is 13.8 Å². The summed E-state index contributed by atoms with van der Waals surface area (Å²) in [6, 6.07) is 4.08. The second-order valence-corrected chi connectivity index (χ2v) is 6.08. The van der Waals surface area contributed by atoms with Crippen LogP contribution in [0.3, 0.4) is 0 Å². The van der Waals surface area contributed by atoms with Crippen LogP contribution in [0.5, 0.6) is 0 Å². The smallest absolute Gasteiger partial charge is 0.243 e. The van der Waals surface area contributed by atoms with Crippen molar-refractivity contribution in [2.24, 2.45) is 10.9 Å². The summed E-state index contributed by atoms with van der Waals surface area (Å²) in [6.07, 6.45) is 0. The predicted octanol–water partition coefficient (Wildman–Crippen LogP) is 0.971. The van der Waals surface area contributed by atoms with Crippen LogP contribution in [-0.4, -0.2) is 36.4 Å². The van der Waals surface area contributed by atoms with Crippen LogP contribution in [0.2, 0.25) is 0 Å². The largest absolute Gasteiger partial charge is 0.409 e. The fourth-order valence-electron chi connectivity index (χ4n) is 1.48. The molecule has 0 fully saturated rings. The average molecular weight is 289 g/mol. The molecule has 0 aliphatic heterocycles. The molecule has 0 aliphatic carbocycles. The van der Waals surface area contributed by atoms with Gasteiger partial charge in [0, 0.05) is 6.04 Å². The van der Waals surface area contributed by atoms with Crippen molar-refractivity contribution in [3.63, 3.8) is 0 Å². The third-order valence-electron chi connectivity index (χ3n) is 2.44. The van der Waals surface area contributed by atoms with E-state index in [2.05, 4.69) is 5.16 Å². The Bertz CT molecular complexity index is 555. The fraction of sp³-hybridized carbons (Fsp3) is 0.364. The third-order valence-corrected chi connectivity index (χ3v) is 4.48. The molecular weight excluding hydrogens is 273 g/mol. The van der Waals surface area contributed by atoms with E-state index in [1.165, 1.54) is 12.1 Å². The van der Waals surface area contributed by atoms with Gasteiger partial charge in [-0.25, -0.2) is 12.8 Å². The van der Waals surface area contributed by atoms with Crippen molar-refractivity contribution in [3.8, 4) is 0 Å². The highest BCUT2D eigenvalue weighted by atomic mass is 32.2. The van der Waals surface area contributed by atoms with Gasteiger partial charge in [0.05, 0.1) is 11.4 Å². The van der Waals surface area contributed by atoms with Crippen LogP contribution in [0.15, 0.2) is 34.3 Å². The monoisotopic (exact) mass is 289 g/mol. The molecule has 19 heavy (non-hydrogen) atoms. The lowest BCUT2D eigenvalue weighted by Gasteiger charge is -2.25. The van der Waals surface area contributed by atoms with Crippen molar-refractivity contribution < 1.29 is 18.0 Å².